The van der Waals surface area contributed by atoms with E-state index < -0.39 is 12.3 Å². The SMILES string of the molecule is Cc1cccc(C)c1N=C(N/N=C/c1ccc(C(N)=NC=Nc2ccc(OC(F)(F)F)cc2)cc1)SCC(=O)O. The van der Waals surface area contributed by atoms with Gasteiger partial charge in [-0.2, -0.15) is 5.10 Å². The molecule has 40 heavy (non-hydrogen) atoms. The van der Waals surface area contributed by atoms with E-state index in [0.29, 0.717) is 16.4 Å². The van der Waals surface area contributed by atoms with Gasteiger partial charge in [-0.3, -0.25) is 10.2 Å². The normalized spacial score (nSPS) is 12.7. The number of amidine groups is 2. The minimum atomic E-state index is -4.76. The van der Waals surface area contributed by atoms with Crippen LogP contribution in [0.3, 0.4) is 0 Å². The van der Waals surface area contributed by atoms with E-state index in [0.717, 1.165) is 46.3 Å². The summed E-state index contributed by atoms with van der Waals surface area (Å²) in [7, 11) is 0. The summed E-state index contributed by atoms with van der Waals surface area (Å²) in [6.07, 6.45) is -2.02. The number of thioether (sulfide) groups is 1. The summed E-state index contributed by atoms with van der Waals surface area (Å²) in [4.78, 5) is 23.7. The fourth-order valence-electron chi connectivity index (χ4n) is 3.17. The number of halogens is 3. The Balaban J connectivity index is 1.63. The number of aryl methyl sites for hydroxylation is 2. The number of hydrazone groups is 1. The first kappa shape index (κ1) is 29.9. The Morgan fingerprint density at radius 2 is 1.70 bits per heavy atom. The third-order valence-corrected chi connectivity index (χ3v) is 5.89. The molecule has 3 aromatic rings. The van der Waals surface area contributed by atoms with Gasteiger partial charge in [-0.1, -0.05) is 54.2 Å². The molecule has 0 saturated carbocycles. The third kappa shape index (κ3) is 9.91. The largest absolute Gasteiger partial charge is 0.573 e. The number of carboxylic acid groups (broad SMARTS) is 1. The van der Waals surface area contributed by atoms with E-state index >= 15 is 0 Å². The Morgan fingerprint density at radius 1 is 1.05 bits per heavy atom. The molecule has 13 heteroatoms. The van der Waals surface area contributed by atoms with Crippen LogP contribution < -0.4 is 15.9 Å². The van der Waals surface area contributed by atoms with Crippen LogP contribution in [0.2, 0.25) is 0 Å². The fourth-order valence-corrected chi connectivity index (χ4v) is 3.70. The zero-order valence-corrected chi connectivity index (χ0v) is 22.2. The van der Waals surface area contributed by atoms with Gasteiger partial charge in [0.25, 0.3) is 0 Å². The van der Waals surface area contributed by atoms with Crippen molar-refractivity contribution in [1.29, 1.82) is 0 Å². The van der Waals surface area contributed by atoms with Crippen molar-refractivity contribution < 1.29 is 27.8 Å². The average molecular weight is 571 g/mol. The number of rotatable bonds is 9. The number of para-hydroxylation sites is 1. The van der Waals surface area contributed by atoms with Gasteiger partial charge in [0, 0.05) is 5.56 Å². The highest BCUT2D eigenvalue weighted by Gasteiger charge is 2.30. The second-order valence-corrected chi connectivity index (χ2v) is 9.10. The molecular weight excluding hydrogens is 545 g/mol. The van der Waals surface area contributed by atoms with Crippen molar-refractivity contribution in [2.24, 2.45) is 25.8 Å². The Kier molecular flexibility index (Phi) is 10.4. The van der Waals surface area contributed by atoms with Crippen LogP contribution in [0, 0.1) is 13.8 Å². The van der Waals surface area contributed by atoms with Crippen LogP contribution in [-0.2, 0) is 4.79 Å². The molecule has 0 spiro atoms. The summed E-state index contributed by atoms with van der Waals surface area (Å²) in [5.41, 5.74) is 13.2. The molecule has 0 saturated heterocycles. The second kappa shape index (κ2) is 13.9. The Morgan fingerprint density at radius 3 is 2.30 bits per heavy atom. The van der Waals surface area contributed by atoms with E-state index in [9.17, 15) is 18.0 Å². The third-order valence-electron chi connectivity index (χ3n) is 5.04. The van der Waals surface area contributed by atoms with Gasteiger partial charge < -0.3 is 15.6 Å². The summed E-state index contributed by atoms with van der Waals surface area (Å²) in [6, 6.07) is 17.7. The smallest absolute Gasteiger partial charge is 0.481 e. The van der Waals surface area contributed by atoms with Gasteiger partial charge in [-0.15, -0.1) is 13.2 Å². The lowest BCUT2D eigenvalue weighted by atomic mass is 10.1. The topological polar surface area (TPSA) is 134 Å². The maximum atomic E-state index is 12.2. The number of ether oxygens (including phenoxy) is 1. The molecule has 4 N–H and O–H groups in total. The van der Waals surface area contributed by atoms with Crippen LogP contribution >= 0.6 is 11.8 Å². The van der Waals surface area contributed by atoms with Gasteiger partial charge in [0.1, 0.15) is 17.9 Å². The molecule has 0 heterocycles. The van der Waals surface area contributed by atoms with E-state index in [4.69, 9.17) is 10.8 Å². The minimum absolute atomic E-state index is 0.176. The van der Waals surface area contributed by atoms with E-state index in [1.165, 1.54) is 18.5 Å². The first-order valence-electron chi connectivity index (χ1n) is 11.6. The van der Waals surface area contributed by atoms with E-state index in [1.807, 2.05) is 32.0 Å². The number of aliphatic carboxylic acids is 1. The van der Waals surface area contributed by atoms with Gasteiger partial charge in [0.2, 0.25) is 0 Å². The maximum absolute atomic E-state index is 12.2. The second-order valence-electron chi connectivity index (χ2n) is 8.13. The predicted octanol–water partition coefficient (Wildman–Crippen LogP) is 5.70. The molecule has 0 aliphatic heterocycles. The number of benzene rings is 3. The van der Waals surface area contributed by atoms with Crippen molar-refractivity contribution >= 4 is 52.7 Å². The first-order valence-corrected chi connectivity index (χ1v) is 12.6. The van der Waals surface area contributed by atoms with Crippen LogP contribution in [0.5, 0.6) is 5.75 Å². The zero-order valence-electron chi connectivity index (χ0n) is 21.4. The molecule has 3 rings (SSSR count). The van der Waals surface area contributed by atoms with Gasteiger partial charge >= 0.3 is 12.3 Å². The van der Waals surface area contributed by atoms with E-state index in [-0.39, 0.29) is 17.3 Å². The zero-order chi connectivity index (χ0) is 29.1. The summed E-state index contributed by atoms with van der Waals surface area (Å²) in [5.74, 6) is -1.33. The summed E-state index contributed by atoms with van der Waals surface area (Å²) < 4.78 is 40.6. The van der Waals surface area contributed by atoms with E-state index in [2.05, 4.69) is 30.2 Å². The number of nitrogens with two attached hydrogens (primary N) is 1. The Bertz CT molecular complexity index is 1420. The lowest BCUT2D eigenvalue weighted by Gasteiger charge is -2.08. The van der Waals surface area contributed by atoms with Crippen LogP contribution in [0.4, 0.5) is 24.5 Å². The van der Waals surface area contributed by atoms with Crippen molar-refractivity contribution in [2.75, 3.05) is 5.75 Å². The molecule has 208 valence electrons. The number of aliphatic imine (C=N–C) groups is 3. The Hall–Kier alpha value is -4.65. The number of nitrogens with one attached hydrogen (secondary N) is 1. The number of carboxylic acids is 1. The highest BCUT2D eigenvalue weighted by atomic mass is 32.2. The van der Waals surface area contributed by atoms with Crippen LogP contribution in [0.25, 0.3) is 0 Å². The number of alkyl halides is 3. The lowest BCUT2D eigenvalue weighted by molar-refractivity contribution is -0.274. The van der Waals surface area contributed by atoms with Gasteiger partial charge in [0.15, 0.2) is 5.17 Å². The number of hydrogen-bond acceptors (Lipinski definition) is 6. The van der Waals surface area contributed by atoms with Crippen LogP contribution in [0.15, 0.2) is 86.8 Å². The van der Waals surface area contributed by atoms with Crippen LogP contribution in [0.1, 0.15) is 22.3 Å². The molecule has 0 bridgehead atoms. The summed E-state index contributed by atoms with van der Waals surface area (Å²) >= 11 is 1.02. The standard InChI is InChI=1S/C27H25F3N6O3S/c1-17-4-3-5-18(2)24(17)35-26(40-15-23(37)38)36-34-14-19-6-8-20(9-7-19)25(31)33-16-32-21-10-12-22(13-11-21)39-27(28,29)30/h3-14,16H,15H2,1-2H3,(H,35,36)(H,37,38)(H2,31,32,33)/b34-14+. The fraction of sp³-hybridized carbons (Fsp3) is 0.148. The van der Waals surface area contributed by atoms with Crippen molar-refractivity contribution in [3.63, 3.8) is 0 Å². The first-order chi connectivity index (χ1) is 19.0. The molecular formula is C27H25F3N6O3S. The lowest BCUT2D eigenvalue weighted by Crippen LogP contribution is -2.16. The quantitative estimate of drug-likeness (QED) is 0.172. The molecule has 0 atom stereocenters. The molecule has 9 nitrogen and oxygen atoms in total. The average Bonchev–Trinajstić information content (AvgIpc) is 2.89. The summed E-state index contributed by atoms with van der Waals surface area (Å²) in [5, 5.41) is 13.6. The molecule has 0 radical (unpaired) electrons. The van der Waals surface area contributed by atoms with Gasteiger partial charge in [-0.05, 0) is 54.8 Å². The monoisotopic (exact) mass is 570 g/mol. The summed E-state index contributed by atoms with van der Waals surface area (Å²) in [6.45, 7) is 3.84. The van der Waals surface area contributed by atoms with Crippen LogP contribution in [-0.4, -0.2) is 46.7 Å². The number of hydrogen-bond donors (Lipinski definition) is 3. The minimum Gasteiger partial charge on any atom is -0.481 e. The van der Waals surface area contributed by atoms with Gasteiger partial charge in [-0.25, -0.2) is 15.0 Å². The molecule has 0 unspecified atom stereocenters. The molecule has 0 aliphatic carbocycles. The molecule has 0 amide bonds. The van der Waals surface area contributed by atoms with Crippen molar-refractivity contribution in [1.82, 2.24) is 5.43 Å². The maximum Gasteiger partial charge on any atom is 0.573 e. The highest BCUT2D eigenvalue weighted by molar-refractivity contribution is 8.14. The van der Waals surface area contributed by atoms with Gasteiger partial charge in [0.05, 0.1) is 23.3 Å². The van der Waals surface area contributed by atoms with E-state index in [1.54, 1.807) is 30.5 Å². The Labute approximate surface area is 232 Å². The highest BCUT2D eigenvalue weighted by Crippen LogP contribution is 2.25. The van der Waals surface area contributed by atoms with Crippen molar-refractivity contribution in [2.45, 2.75) is 20.2 Å². The molecule has 3 aromatic carbocycles. The molecule has 0 aromatic heterocycles. The van der Waals surface area contributed by atoms with Crippen molar-refractivity contribution in [3.05, 3.63) is 89.0 Å². The number of nitrogens with zero attached hydrogens (tertiary/aromatic N) is 4. The predicted molar refractivity (Wildman–Crippen MR) is 152 cm³/mol. The van der Waals surface area contributed by atoms with Crippen molar-refractivity contribution in [3.8, 4) is 5.75 Å². The number of carbonyl (C=O) groups is 1. The molecule has 0 fully saturated rings. The molecule has 0 aliphatic rings.